The number of para-hydroxylation sites is 1. The summed E-state index contributed by atoms with van der Waals surface area (Å²) < 4.78 is 7.96. The van der Waals surface area contributed by atoms with Crippen molar-refractivity contribution in [2.75, 3.05) is 25.9 Å². The molecule has 3 rings (SSSR count). The highest BCUT2D eigenvalue weighted by Gasteiger charge is 2.18. The van der Waals surface area contributed by atoms with Crippen LogP contribution in [-0.2, 0) is 6.54 Å². The van der Waals surface area contributed by atoms with E-state index in [9.17, 15) is 0 Å². The van der Waals surface area contributed by atoms with Crippen molar-refractivity contribution in [3.63, 3.8) is 0 Å². The summed E-state index contributed by atoms with van der Waals surface area (Å²) in [6, 6.07) is 12.0. The zero-order valence-electron chi connectivity index (χ0n) is 15.9. The Kier molecular flexibility index (Phi) is 5.78. The Morgan fingerprint density at radius 1 is 1.15 bits per heavy atom. The van der Waals surface area contributed by atoms with Crippen LogP contribution in [-0.4, -0.2) is 34.5 Å². The molecule has 1 aromatic carbocycles. The number of ether oxygens (including phenoxy) is 1. The van der Waals surface area contributed by atoms with Crippen molar-refractivity contribution < 1.29 is 4.74 Å². The highest BCUT2D eigenvalue weighted by Crippen LogP contribution is 2.33. The number of nitrogens with zero attached hydrogens (tertiary/aromatic N) is 3. The van der Waals surface area contributed by atoms with Gasteiger partial charge in [-0.1, -0.05) is 25.5 Å². The van der Waals surface area contributed by atoms with Crippen LogP contribution in [0.25, 0.3) is 16.9 Å². The summed E-state index contributed by atoms with van der Waals surface area (Å²) in [5.41, 5.74) is 10.8. The van der Waals surface area contributed by atoms with Crippen molar-refractivity contribution in [1.82, 2.24) is 14.3 Å². The molecule has 138 valence electrons. The minimum Gasteiger partial charge on any atom is -0.493 e. The number of fused-ring (bicyclic) bond motifs is 1. The Hall–Kier alpha value is -2.53. The summed E-state index contributed by atoms with van der Waals surface area (Å²) in [6.45, 7) is 6.70. The van der Waals surface area contributed by atoms with Gasteiger partial charge in [0.25, 0.3) is 0 Å². The molecular formula is C21H28N4O. The number of hydrogen-bond donors (Lipinski definition) is 1. The lowest BCUT2D eigenvalue weighted by Gasteiger charge is -2.17. The lowest BCUT2D eigenvalue weighted by Crippen LogP contribution is -2.20. The number of nitrogen functional groups attached to an aromatic ring is 1. The van der Waals surface area contributed by atoms with E-state index >= 15 is 0 Å². The number of anilines is 1. The van der Waals surface area contributed by atoms with Crippen LogP contribution in [0, 0.1) is 0 Å². The minimum atomic E-state index is 0.628. The first-order valence-corrected chi connectivity index (χ1v) is 9.31. The lowest BCUT2D eigenvalue weighted by molar-refractivity contribution is 0.316. The van der Waals surface area contributed by atoms with Crippen molar-refractivity contribution in [2.24, 2.45) is 0 Å². The van der Waals surface area contributed by atoms with Gasteiger partial charge in [-0.15, -0.1) is 0 Å². The number of aromatic nitrogens is 2. The molecule has 2 aromatic heterocycles. The molecule has 0 fully saturated rings. The molecule has 0 saturated carbocycles. The summed E-state index contributed by atoms with van der Waals surface area (Å²) in [4.78, 5) is 7.24. The van der Waals surface area contributed by atoms with Crippen LogP contribution in [0.2, 0.25) is 0 Å². The van der Waals surface area contributed by atoms with E-state index in [1.807, 2.05) is 43.5 Å². The van der Waals surface area contributed by atoms with Gasteiger partial charge in [0.1, 0.15) is 11.4 Å². The Morgan fingerprint density at radius 3 is 2.73 bits per heavy atom. The number of rotatable bonds is 8. The summed E-state index contributed by atoms with van der Waals surface area (Å²) in [7, 11) is 2.15. The molecule has 2 N–H and O–H groups in total. The highest BCUT2D eigenvalue weighted by molar-refractivity contribution is 5.72. The molecule has 3 aromatic rings. The van der Waals surface area contributed by atoms with Crippen LogP contribution in [0.4, 0.5) is 5.69 Å². The predicted molar refractivity (Wildman–Crippen MR) is 107 cm³/mol. The summed E-state index contributed by atoms with van der Waals surface area (Å²) in [6.07, 6.45) is 4.32. The smallest absolute Gasteiger partial charge is 0.137 e. The second-order valence-electron chi connectivity index (χ2n) is 6.62. The fraction of sp³-hybridized carbons (Fsp3) is 0.381. The molecule has 5 heteroatoms. The summed E-state index contributed by atoms with van der Waals surface area (Å²) in [5.74, 6) is 0.865. The monoisotopic (exact) mass is 352 g/mol. The molecular weight excluding hydrogens is 324 g/mol. The fourth-order valence-corrected chi connectivity index (χ4v) is 3.18. The van der Waals surface area contributed by atoms with E-state index in [0.717, 1.165) is 47.1 Å². The Balaban J connectivity index is 2.11. The number of unbranched alkanes of at least 4 members (excludes halogenated alkanes) is 1. The average Bonchev–Trinajstić information content (AvgIpc) is 2.98. The first-order valence-electron chi connectivity index (χ1n) is 9.31. The molecule has 26 heavy (non-hydrogen) atoms. The zero-order valence-corrected chi connectivity index (χ0v) is 15.9. The van der Waals surface area contributed by atoms with E-state index in [0.29, 0.717) is 6.61 Å². The normalized spacial score (nSPS) is 11.4. The van der Waals surface area contributed by atoms with Crippen molar-refractivity contribution in [1.29, 1.82) is 0 Å². The van der Waals surface area contributed by atoms with Gasteiger partial charge < -0.3 is 19.8 Å². The maximum Gasteiger partial charge on any atom is 0.137 e. The van der Waals surface area contributed by atoms with Crippen LogP contribution >= 0.6 is 0 Å². The van der Waals surface area contributed by atoms with Gasteiger partial charge in [0.05, 0.1) is 18.0 Å². The quantitative estimate of drug-likeness (QED) is 0.660. The van der Waals surface area contributed by atoms with Crippen LogP contribution in [0.1, 0.15) is 32.4 Å². The summed E-state index contributed by atoms with van der Waals surface area (Å²) in [5, 5.41) is 0. The van der Waals surface area contributed by atoms with Gasteiger partial charge in [0, 0.05) is 24.0 Å². The molecule has 5 nitrogen and oxygen atoms in total. The Labute approximate surface area is 155 Å². The fourth-order valence-electron chi connectivity index (χ4n) is 3.18. The molecule has 0 radical (unpaired) electrons. The molecule has 2 heterocycles. The molecule has 0 saturated heterocycles. The van der Waals surface area contributed by atoms with Gasteiger partial charge >= 0.3 is 0 Å². The van der Waals surface area contributed by atoms with E-state index in [1.54, 1.807) is 0 Å². The van der Waals surface area contributed by atoms with Gasteiger partial charge in [0.2, 0.25) is 0 Å². The van der Waals surface area contributed by atoms with Crippen molar-refractivity contribution in [3.05, 3.63) is 48.3 Å². The molecule has 0 atom stereocenters. The van der Waals surface area contributed by atoms with Crippen molar-refractivity contribution >= 4 is 11.3 Å². The van der Waals surface area contributed by atoms with Gasteiger partial charge in [-0.2, -0.15) is 0 Å². The second kappa shape index (κ2) is 8.23. The third-order valence-electron chi connectivity index (χ3n) is 4.50. The first-order chi connectivity index (χ1) is 12.6. The molecule has 0 aliphatic rings. The van der Waals surface area contributed by atoms with Gasteiger partial charge in [-0.25, -0.2) is 4.98 Å². The van der Waals surface area contributed by atoms with E-state index in [4.69, 9.17) is 15.5 Å². The predicted octanol–water partition coefficient (Wildman–Crippen LogP) is 4.21. The third kappa shape index (κ3) is 3.83. The molecule has 0 unspecified atom stereocenters. The molecule has 0 bridgehead atoms. The summed E-state index contributed by atoms with van der Waals surface area (Å²) >= 11 is 0. The number of nitrogens with two attached hydrogens (primary N) is 1. The van der Waals surface area contributed by atoms with Crippen LogP contribution in [0.3, 0.4) is 0 Å². The largest absolute Gasteiger partial charge is 0.493 e. The van der Waals surface area contributed by atoms with Crippen molar-refractivity contribution in [3.8, 4) is 17.0 Å². The van der Waals surface area contributed by atoms with Gasteiger partial charge in [0.15, 0.2) is 0 Å². The molecule has 0 aliphatic heterocycles. The number of imidazole rings is 1. The number of benzene rings is 1. The van der Waals surface area contributed by atoms with E-state index in [-0.39, 0.29) is 0 Å². The third-order valence-corrected chi connectivity index (χ3v) is 4.50. The second-order valence-corrected chi connectivity index (χ2v) is 6.62. The van der Waals surface area contributed by atoms with Gasteiger partial charge in [-0.05, 0) is 51.2 Å². The lowest BCUT2D eigenvalue weighted by atomic mass is 10.1. The topological polar surface area (TPSA) is 55.8 Å². The minimum absolute atomic E-state index is 0.628. The van der Waals surface area contributed by atoms with E-state index in [2.05, 4.69) is 29.3 Å². The molecule has 0 spiro atoms. The Morgan fingerprint density at radius 2 is 1.96 bits per heavy atom. The van der Waals surface area contributed by atoms with E-state index in [1.165, 1.54) is 12.8 Å². The first kappa shape index (κ1) is 18.3. The van der Waals surface area contributed by atoms with Crippen LogP contribution in [0.5, 0.6) is 5.75 Å². The maximum absolute atomic E-state index is 6.04. The van der Waals surface area contributed by atoms with Crippen LogP contribution < -0.4 is 10.5 Å². The SMILES string of the molecule is CCCCN(C)Cc1c(-c2ccccc2OCC)nc2ccc(N)cn12. The van der Waals surface area contributed by atoms with Gasteiger partial charge in [-0.3, -0.25) is 0 Å². The van der Waals surface area contributed by atoms with E-state index < -0.39 is 0 Å². The van der Waals surface area contributed by atoms with Crippen molar-refractivity contribution in [2.45, 2.75) is 33.2 Å². The number of hydrogen-bond acceptors (Lipinski definition) is 4. The molecule has 0 aliphatic carbocycles. The zero-order chi connectivity index (χ0) is 18.5. The Bertz CT molecular complexity index is 872. The maximum atomic E-state index is 6.04. The number of pyridine rings is 1. The highest BCUT2D eigenvalue weighted by atomic mass is 16.5. The van der Waals surface area contributed by atoms with Crippen LogP contribution in [0.15, 0.2) is 42.6 Å². The molecule has 0 amide bonds. The standard InChI is InChI=1S/C21H28N4O/c1-4-6-13-24(3)15-18-21(17-9-7-8-10-19(17)26-5-2)23-20-12-11-16(22)14-25(18)20/h7-12,14H,4-6,13,15,22H2,1-3H3. The average molecular weight is 352 g/mol.